The average molecular weight is 514 g/mol. The number of nitrogens with zero attached hydrogens (tertiary/aromatic N) is 3. The number of benzene rings is 1. The SMILES string of the molecule is Cc1nc2ccc(NC3=NCC(NC(=O)C4CCOCC4)C(=O)N3CC3=CC=C(Cl)CC3)cc2s1. The number of hydrogen-bond acceptors (Lipinski definition) is 7. The summed E-state index contributed by atoms with van der Waals surface area (Å²) in [6.45, 7) is 3.71. The molecule has 10 heteroatoms. The van der Waals surface area contributed by atoms with Crippen LogP contribution in [-0.4, -0.2) is 60.0 Å². The van der Waals surface area contributed by atoms with Crippen molar-refractivity contribution in [2.24, 2.45) is 10.9 Å². The molecule has 0 bridgehead atoms. The van der Waals surface area contributed by atoms with Crippen molar-refractivity contribution in [2.75, 3.05) is 31.6 Å². The Hall–Kier alpha value is -2.75. The van der Waals surface area contributed by atoms with Gasteiger partial charge in [-0.3, -0.25) is 14.5 Å². The third-order valence-corrected chi connectivity index (χ3v) is 7.70. The monoisotopic (exact) mass is 513 g/mol. The lowest BCUT2D eigenvalue weighted by Gasteiger charge is -2.34. The molecule has 0 radical (unpaired) electrons. The number of hydrogen-bond donors (Lipinski definition) is 2. The van der Waals surface area contributed by atoms with Crippen molar-refractivity contribution in [1.82, 2.24) is 15.2 Å². The number of rotatable bonds is 5. The van der Waals surface area contributed by atoms with Gasteiger partial charge in [-0.25, -0.2) is 9.98 Å². The maximum absolute atomic E-state index is 13.6. The largest absolute Gasteiger partial charge is 0.381 e. The molecule has 1 fully saturated rings. The third-order valence-electron chi connectivity index (χ3n) is 6.45. The standard InChI is InChI=1S/C25H28ClN5O3S/c1-15-28-20-7-6-19(12-22(20)35-15)29-25-27-13-21(30-23(32)17-8-10-34-11-9-17)24(33)31(25)14-16-2-4-18(26)5-3-16/h2,4,6-7,12,17,21H,3,5,8-11,13-14H2,1H3,(H,27,29)(H,30,32). The van der Waals surface area contributed by atoms with Gasteiger partial charge in [-0.2, -0.15) is 0 Å². The zero-order chi connectivity index (χ0) is 24.4. The van der Waals surface area contributed by atoms with E-state index in [2.05, 4.69) is 15.6 Å². The van der Waals surface area contributed by atoms with E-state index < -0.39 is 6.04 Å². The average Bonchev–Trinajstić information content (AvgIpc) is 3.24. The molecule has 0 saturated carbocycles. The predicted molar refractivity (Wildman–Crippen MR) is 139 cm³/mol. The Balaban J connectivity index is 1.37. The van der Waals surface area contributed by atoms with Gasteiger partial charge in [0.05, 0.1) is 28.3 Å². The summed E-state index contributed by atoms with van der Waals surface area (Å²) in [6.07, 6.45) is 6.72. The Morgan fingerprint density at radius 3 is 2.86 bits per heavy atom. The quantitative estimate of drug-likeness (QED) is 0.630. The van der Waals surface area contributed by atoms with Crippen LogP contribution >= 0.6 is 22.9 Å². The number of nitrogens with one attached hydrogen (secondary N) is 2. The first-order chi connectivity index (χ1) is 17.0. The molecule has 5 rings (SSSR count). The molecule has 8 nitrogen and oxygen atoms in total. The summed E-state index contributed by atoms with van der Waals surface area (Å²) in [5.41, 5.74) is 2.87. The fourth-order valence-corrected chi connectivity index (χ4v) is 5.51. The number of amides is 2. The van der Waals surface area contributed by atoms with Crippen molar-refractivity contribution < 1.29 is 14.3 Å². The number of fused-ring (bicyclic) bond motifs is 1. The van der Waals surface area contributed by atoms with Gasteiger partial charge < -0.3 is 15.4 Å². The van der Waals surface area contributed by atoms with Crippen LogP contribution in [0.2, 0.25) is 0 Å². The lowest BCUT2D eigenvalue weighted by atomic mass is 9.98. The van der Waals surface area contributed by atoms with Crippen LogP contribution in [0.5, 0.6) is 0 Å². The van der Waals surface area contributed by atoms with Gasteiger partial charge in [0, 0.05) is 29.9 Å². The Labute approximate surface area is 213 Å². The third kappa shape index (κ3) is 5.58. The first-order valence-electron chi connectivity index (χ1n) is 11.9. The zero-order valence-electron chi connectivity index (χ0n) is 19.6. The van der Waals surface area contributed by atoms with E-state index in [0.717, 1.165) is 44.4 Å². The second kappa shape index (κ2) is 10.5. The summed E-state index contributed by atoms with van der Waals surface area (Å²) in [7, 11) is 0. The second-order valence-corrected chi connectivity index (χ2v) is 10.7. The van der Waals surface area contributed by atoms with Gasteiger partial charge >= 0.3 is 0 Å². The zero-order valence-corrected chi connectivity index (χ0v) is 21.1. The highest BCUT2D eigenvalue weighted by molar-refractivity contribution is 7.18. The Kier molecular flexibility index (Phi) is 7.17. The van der Waals surface area contributed by atoms with E-state index in [0.29, 0.717) is 38.6 Å². The van der Waals surface area contributed by atoms with E-state index in [1.54, 1.807) is 16.2 Å². The number of carbonyl (C=O) groups is 2. The number of ether oxygens (including phenoxy) is 1. The van der Waals surface area contributed by atoms with Gasteiger partial charge in [0.25, 0.3) is 5.91 Å². The maximum Gasteiger partial charge on any atom is 0.254 e. The number of aryl methyl sites for hydroxylation is 1. The molecule has 2 aromatic rings. The number of carbonyl (C=O) groups excluding carboxylic acids is 2. The molecule has 0 spiro atoms. The minimum atomic E-state index is -0.689. The van der Waals surface area contributed by atoms with Crippen LogP contribution in [0, 0.1) is 12.8 Å². The van der Waals surface area contributed by atoms with Crippen molar-refractivity contribution >= 4 is 56.6 Å². The smallest absolute Gasteiger partial charge is 0.254 e. The molecular formula is C25H28ClN5O3S. The van der Waals surface area contributed by atoms with Gasteiger partial charge in [-0.15, -0.1) is 11.3 Å². The molecule has 1 aromatic heterocycles. The molecule has 1 aromatic carbocycles. The van der Waals surface area contributed by atoms with Crippen LogP contribution in [0.15, 0.2) is 45.9 Å². The van der Waals surface area contributed by atoms with Crippen LogP contribution in [0.4, 0.5) is 5.69 Å². The van der Waals surface area contributed by atoms with Crippen LogP contribution in [0.3, 0.4) is 0 Å². The summed E-state index contributed by atoms with van der Waals surface area (Å²) in [6, 6.07) is 5.23. The minimum Gasteiger partial charge on any atom is -0.381 e. The van der Waals surface area contributed by atoms with Gasteiger partial charge in [-0.1, -0.05) is 17.7 Å². The molecule has 1 atom stereocenters. The van der Waals surface area contributed by atoms with Crippen molar-refractivity contribution in [3.05, 3.63) is 46.0 Å². The normalized spacial score (nSPS) is 21.4. The highest BCUT2D eigenvalue weighted by Gasteiger charge is 2.35. The van der Waals surface area contributed by atoms with Crippen LogP contribution < -0.4 is 10.6 Å². The molecule has 2 aliphatic heterocycles. The molecule has 3 aliphatic rings. The van der Waals surface area contributed by atoms with E-state index in [1.165, 1.54) is 0 Å². The molecule has 3 heterocycles. The van der Waals surface area contributed by atoms with Crippen LogP contribution in [-0.2, 0) is 14.3 Å². The maximum atomic E-state index is 13.6. The summed E-state index contributed by atoms with van der Waals surface area (Å²) >= 11 is 7.76. The molecule has 184 valence electrons. The number of thiazole rings is 1. The summed E-state index contributed by atoms with van der Waals surface area (Å²) in [5, 5.41) is 8.09. The van der Waals surface area contributed by atoms with Crippen molar-refractivity contribution in [2.45, 2.75) is 38.6 Å². The molecule has 1 saturated heterocycles. The number of anilines is 1. The first kappa shape index (κ1) is 24.0. The van der Waals surface area contributed by atoms with E-state index in [9.17, 15) is 9.59 Å². The number of aliphatic imine (C=N–C) groups is 1. The molecule has 35 heavy (non-hydrogen) atoms. The topological polar surface area (TPSA) is 95.9 Å². The molecule has 2 N–H and O–H groups in total. The van der Waals surface area contributed by atoms with Crippen molar-refractivity contribution in [3.63, 3.8) is 0 Å². The fraction of sp³-hybridized carbons (Fsp3) is 0.440. The number of guanidine groups is 1. The summed E-state index contributed by atoms with van der Waals surface area (Å²) in [5.74, 6) is 0.0834. The van der Waals surface area contributed by atoms with Gasteiger partial charge in [0.15, 0.2) is 0 Å². The van der Waals surface area contributed by atoms with Crippen molar-refractivity contribution in [3.8, 4) is 0 Å². The number of allylic oxidation sites excluding steroid dienone is 3. The van der Waals surface area contributed by atoms with E-state index in [1.807, 2.05) is 37.3 Å². The Morgan fingerprint density at radius 2 is 2.09 bits per heavy atom. The molecule has 1 aliphatic carbocycles. The fourth-order valence-electron chi connectivity index (χ4n) is 4.49. The predicted octanol–water partition coefficient (Wildman–Crippen LogP) is 3.97. The molecule has 2 amide bonds. The summed E-state index contributed by atoms with van der Waals surface area (Å²) < 4.78 is 6.43. The van der Waals surface area contributed by atoms with Crippen LogP contribution in [0.25, 0.3) is 10.2 Å². The lowest BCUT2D eigenvalue weighted by Crippen LogP contribution is -2.58. The van der Waals surface area contributed by atoms with E-state index in [4.69, 9.17) is 21.3 Å². The molecular weight excluding hydrogens is 486 g/mol. The highest BCUT2D eigenvalue weighted by atomic mass is 35.5. The van der Waals surface area contributed by atoms with E-state index in [-0.39, 0.29) is 24.3 Å². The molecule has 1 unspecified atom stereocenters. The van der Waals surface area contributed by atoms with Gasteiger partial charge in [0.1, 0.15) is 6.04 Å². The first-order valence-corrected chi connectivity index (χ1v) is 13.1. The number of halogens is 1. The van der Waals surface area contributed by atoms with E-state index >= 15 is 0 Å². The second-order valence-electron chi connectivity index (χ2n) is 9.02. The Morgan fingerprint density at radius 1 is 1.26 bits per heavy atom. The summed E-state index contributed by atoms with van der Waals surface area (Å²) in [4.78, 5) is 37.2. The minimum absolute atomic E-state index is 0.101. The number of aromatic nitrogens is 1. The highest BCUT2D eigenvalue weighted by Crippen LogP contribution is 2.26. The van der Waals surface area contributed by atoms with Crippen molar-refractivity contribution in [1.29, 1.82) is 0 Å². The van der Waals surface area contributed by atoms with Gasteiger partial charge in [0.2, 0.25) is 11.9 Å². The van der Waals surface area contributed by atoms with Gasteiger partial charge in [-0.05, 0) is 62.5 Å². The van der Waals surface area contributed by atoms with Crippen LogP contribution in [0.1, 0.15) is 30.7 Å². The lowest BCUT2D eigenvalue weighted by molar-refractivity contribution is -0.136. The Bertz CT molecular complexity index is 1230.